The summed E-state index contributed by atoms with van der Waals surface area (Å²) in [5.41, 5.74) is 2.73. The largest absolute Gasteiger partial charge is 0.354 e. The van der Waals surface area contributed by atoms with Gasteiger partial charge in [-0.15, -0.1) is 0 Å². The zero-order valence-corrected chi connectivity index (χ0v) is 18.7. The molecule has 0 radical (unpaired) electrons. The third-order valence-corrected chi connectivity index (χ3v) is 7.17. The van der Waals surface area contributed by atoms with Gasteiger partial charge < -0.3 is 5.32 Å². The van der Waals surface area contributed by atoms with Crippen LogP contribution in [0.1, 0.15) is 37.7 Å². The summed E-state index contributed by atoms with van der Waals surface area (Å²) in [5, 5.41) is 3.32. The molecule has 3 rings (SSSR count). The van der Waals surface area contributed by atoms with Crippen LogP contribution in [-0.4, -0.2) is 27.4 Å². The van der Waals surface area contributed by atoms with E-state index >= 15 is 0 Å². The molecule has 0 bridgehead atoms. The quantitative estimate of drug-likeness (QED) is 0.589. The molecule has 7 heteroatoms. The number of allylic oxidation sites excluding steroid dienone is 1. The molecule has 160 valence electrons. The van der Waals surface area contributed by atoms with Gasteiger partial charge >= 0.3 is 0 Å². The normalized spacial score (nSPS) is 14.1. The van der Waals surface area contributed by atoms with E-state index in [0.29, 0.717) is 17.3 Å². The van der Waals surface area contributed by atoms with Crippen molar-refractivity contribution < 1.29 is 13.2 Å². The van der Waals surface area contributed by atoms with Crippen LogP contribution in [0.4, 0.5) is 5.69 Å². The van der Waals surface area contributed by atoms with Crippen molar-refractivity contribution in [1.82, 2.24) is 5.32 Å². The van der Waals surface area contributed by atoms with Crippen molar-refractivity contribution in [2.75, 3.05) is 17.4 Å². The van der Waals surface area contributed by atoms with Gasteiger partial charge in [-0.1, -0.05) is 35.4 Å². The summed E-state index contributed by atoms with van der Waals surface area (Å²) >= 11 is 5.91. The van der Waals surface area contributed by atoms with E-state index in [4.69, 9.17) is 11.6 Å². The van der Waals surface area contributed by atoms with Gasteiger partial charge in [0.1, 0.15) is 6.54 Å². The molecule has 0 saturated heterocycles. The maximum Gasteiger partial charge on any atom is 0.264 e. The minimum atomic E-state index is -3.93. The predicted octanol–water partition coefficient (Wildman–Crippen LogP) is 4.85. The fraction of sp³-hybridized carbons (Fsp3) is 0.348. The Labute approximate surface area is 183 Å². The van der Waals surface area contributed by atoms with Crippen LogP contribution in [0, 0.1) is 6.92 Å². The van der Waals surface area contributed by atoms with Gasteiger partial charge in [0.25, 0.3) is 10.0 Å². The van der Waals surface area contributed by atoms with Gasteiger partial charge in [-0.05, 0) is 81.0 Å². The smallest absolute Gasteiger partial charge is 0.264 e. The van der Waals surface area contributed by atoms with E-state index in [1.165, 1.54) is 42.7 Å². The average molecular weight is 447 g/mol. The van der Waals surface area contributed by atoms with Gasteiger partial charge in [-0.2, -0.15) is 0 Å². The molecule has 0 spiro atoms. The molecule has 1 aliphatic carbocycles. The summed E-state index contributed by atoms with van der Waals surface area (Å²) in [5.74, 6) is -0.328. The summed E-state index contributed by atoms with van der Waals surface area (Å²) in [6.07, 6.45) is 7.66. The summed E-state index contributed by atoms with van der Waals surface area (Å²) in [6.45, 7) is 2.11. The van der Waals surface area contributed by atoms with Gasteiger partial charge in [0.05, 0.1) is 10.6 Å². The van der Waals surface area contributed by atoms with E-state index in [9.17, 15) is 13.2 Å². The number of hydrogen-bond acceptors (Lipinski definition) is 3. The number of aryl methyl sites for hydroxylation is 1. The number of carbonyl (C=O) groups is 1. The summed E-state index contributed by atoms with van der Waals surface area (Å²) in [4.78, 5) is 12.7. The Kier molecular flexibility index (Phi) is 7.56. The monoisotopic (exact) mass is 446 g/mol. The molecule has 0 unspecified atom stereocenters. The predicted molar refractivity (Wildman–Crippen MR) is 121 cm³/mol. The van der Waals surface area contributed by atoms with Crippen LogP contribution >= 0.6 is 11.6 Å². The highest BCUT2D eigenvalue weighted by molar-refractivity contribution is 7.92. The van der Waals surface area contributed by atoms with Crippen molar-refractivity contribution >= 4 is 33.2 Å². The molecule has 5 nitrogen and oxygen atoms in total. The molecule has 1 amide bonds. The third kappa shape index (κ3) is 5.86. The Morgan fingerprint density at radius 1 is 1.13 bits per heavy atom. The van der Waals surface area contributed by atoms with E-state index in [2.05, 4.69) is 11.4 Å². The van der Waals surface area contributed by atoms with Crippen LogP contribution < -0.4 is 9.62 Å². The molecule has 30 heavy (non-hydrogen) atoms. The Balaban J connectivity index is 1.77. The Morgan fingerprint density at radius 3 is 2.57 bits per heavy atom. The first kappa shape index (κ1) is 22.4. The average Bonchev–Trinajstić information content (AvgIpc) is 2.73. The second-order valence-corrected chi connectivity index (χ2v) is 9.81. The Morgan fingerprint density at radius 2 is 1.90 bits per heavy atom. The van der Waals surface area contributed by atoms with Crippen molar-refractivity contribution in [2.24, 2.45) is 0 Å². The summed E-state index contributed by atoms with van der Waals surface area (Å²) in [6, 6.07) is 13.1. The van der Waals surface area contributed by atoms with Gasteiger partial charge in [-0.25, -0.2) is 8.42 Å². The number of rotatable bonds is 8. The molecular weight excluding hydrogens is 420 g/mol. The van der Waals surface area contributed by atoms with Crippen LogP contribution in [0.5, 0.6) is 0 Å². The molecule has 0 heterocycles. The highest BCUT2D eigenvalue weighted by Gasteiger charge is 2.27. The Bertz CT molecular complexity index is 1020. The highest BCUT2D eigenvalue weighted by atomic mass is 35.5. The number of halogens is 1. The molecular formula is C23H27ClN2O3S. The lowest BCUT2D eigenvalue weighted by Crippen LogP contribution is -2.41. The van der Waals surface area contributed by atoms with E-state index in [-0.39, 0.29) is 17.3 Å². The number of amides is 1. The topological polar surface area (TPSA) is 66.5 Å². The minimum Gasteiger partial charge on any atom is -0.354 e. The minimum absolute atomic E-state index is 0.0913. The first-order valence-electron chi connectivity index (χ1n) is 10.2. The number of anilines is 1. The number of sulfonamides is 1. The van der Waals surface area contributed by atoms with E-state index < -0.39 is 10.0 Å². The van der Waals surface area contributed by atoms with Crippen LogP contribution in [0.2, 0.25) is 5.02 Å². The maximum absolute atomic E-state index is 13.3. The van der Waals surface area contributed by atoms with Gasteiger partial charge in [0, 0.05) is 11.6 Å². The molecule has 0 aliphatic heterocycles. The molecule has 0 saturated carbocycles. The first-order chi connectivity index (χ1) is 14.4. The van der Waals surface area contributed by atoms with Crippen molar-refractivity contribution in [2.45, 2.75) is 43.9 Å². The maximum atomic E-state index is 13.3. The van der Waals surface area contributed by atoms with E-state index in [1.54, 1.807) is 18.2 Å². The zero-order valence-electron chi connectivity index (χ0n) is 17.1. The SMILES string of the molecule is Cc1cccc(N(CC(=O)NCCC2=CCCCC2)S(=O)(=O)c2ccc(Cl)cc2)c1. The molecule has 1 N–H and O–H groups in total. The van der Waals surface area contributed by atoms with Gasteiger partial charge in [0.15, 0.2) is 0 Å². The van der Waals surface area contributed by atoms with Crippen LogP contribution in [0.15, 0.2) is 65.1 Å². The van der Waals surface area contributed by atoms with Gasteiger partial charge in [-0.3, -0.25) is 9.10 Å². The number of nitrogens with zero attached hydrogens (tertiary/aromatic N) is 1. The number of benzene rings is 2. The van der Waals surface area contributed by atoms with Crippen molar-refractivity contribution in [3.8, 4) is 0 Å². The summed E-state index contributed by atoms with van der Waals surface area (Å²) < 4.78 is 27.8. The fourth-order valence-electron chi connectivity index (χ4n) is 3.51. The lowest BCUT2D eigenvalue weighted by atomic mass is 9.97. The lowest BCUT2D eigenvalue weighted by Gasteiger charge is -2.24. The van der Waals surface area contributed by atoms with Crippen LogP contribution in [0.25, 0.3) is 0 Å². The summed E-state index contributed by atoms with van der Waals surface area (Å²) in [7, 11) is -3.93. The van der Waals surface area contributed by atoms with Crippen LogP contribution in [0.3, 0.4) is 0 Å². The molecule has 0 fully saturated rings. The third-order valence-electron chi connectivity index (χ3n) is 5.13. The molecule has 2 aromatic rings. The number of hydrogen-bond donors (Lipinski definition) is 1. The lowest BCUT2D eigenvalue weighted by molar-refractivity contribution is -0.119. The van der Waals surface area contributed by atoms with Crippen molar-refractivity contribution in [3.63, 3.8) is 0 Å². The molecule has 1 aliphatic rings. The van der Waals surface area contributed by atoms with Crippen molar-refractivity contribution in [3.05, 3.63) is 70.8 Å². The first-order valence-corrected chi connectivity index (χ1v) is 12.0. The number of nitrogens with one attached hydrogen (secondary N) is 1. The Hall–Kier alpha value is -2.31. The zero-order chi connectivity index (χ0) is 21.6. The number of carbonyl (C=O) groups excluding carboxylic acids is 1. The van der Waals surface area contributed by atoms with E-state index in [1.807, 2.05) is 13.0 Å². The van der Waals surface area contributed by atoms with E-state index in [0.717, 1.165) is 29.1 Å². The second kappa shape index (κ2) is 10.1. The molecule has 0 atom stereocenters. The van der Waals surface area contributed by atoms with Crippen LogP contribution in [-0.2, 0) is 14.8 Å². The molecule has 2 aromatic carbocycles. The standard InChI is InChI=1S/C23H27ClN2O3S/c1-18-6-5-9-21(16-18)26(30(28,29)22-12-10-20(24)11-13-22)17-23(27)25-15-14-19-7-3-2-4-8-19/h5-7,9-13,16H,2-4,8,14-15,17H2,1H3,(H,25,27). The molecule has 0 aromatic heterocycles. The second-order valence-electron chi connectivity index (χ2n) is 7.51. The van der Waals surface area contributed by atoms with Gasteiger partial charge in [0.2, 0.25) is 5.91 Å². The fourth-order valence-corrected chi connectivity index (χ4v) is 5.05. The van der Waals surface area contributed by atoms with Crippen molar-refractivity contribution in [1.29, 1.82) is 0 Å². The highest BCUT2D eigenvalue weighted by Crippen LogP contribution is 2.25.